The Kier molecular flexibility index (Phi) is 6.03. The molecule has 19 heavy (non-hydrogen) atoms. The number of ether oxygens (including phenoxy) is 1. The summed E-state index contributed by atoms with van der Waals surface area (Å²) < 4.78 is 5.27. The average molecular weight is 263 g/mol. The van der Waals surface area contributed by atoms with Crippen LogP contribution in [0.25, 0.3) is 0 Å². The van der Waals surface area contributed by atoms with E-state index in [1.54, 1.807) is 0 Å². The van der Waals surface area contributed by atoms with Gasteiger partial charge in [0.2, 0.25) is 0 Å². The van der Waals surface area contributed by atoms with Crippen molar-refractivity contribution in [2.24, 2.45) is 0 Å². The van der Waals surface area contributed by atoms with E-state index in [9.17, 15) is 4.79 Å². The van der Waals surface area contributed by atoms with Crippen molar-refractivity contribution in [1.82, 2.24) is 4.90 Å². The molecule has 0 atom stereocenters. The van der Waals surface area contributed by atoms with Gasteiger partial charge >= 0.3 is 5.97 Å². The van der Waals surface area contributed by atoms with E-state index >= 15 is 0 Å². The van der Waals surface area contributed by atoms with Crippen LogP contribution in [-0.4, -0.2) is 38.1 Å². The van der Waals surface area contributed by atoms with E-state index in [0.717, 1.165) is 18.5 Å². The molecule has 0 unspecified atom stereocenters. The van der Waals surface area contributed by atoms with Crippen LogP contribution in [0.2, 0.25) is 0 Å². The molecule has 0 saturated heterocycles. The maximum absolute atomic E-state index is 11.9. The summed E-state index contributed by atoms with van der Waals surface area (Å²) in [4.78, 5) is 14.0. The van der Waals surface area contributed by atoms with E-state index in [1.165, 1.54) is 5.56 Å². The Hall–Kier alpha value is -1.35. The molecule has 3 heteroatoms. The van der Waals surface area contributed by atoms with Crippen LogP contribution in [0.1, 0.15) is 47.7 Å². The second-order valence-corrected chi connectivity index (χ2v) is 5.52. The van der Waals surface area contributed by atoms with E-state index in [1.807, 2.05) is 39.2 Å². The van der Waals surface area contributed by atoms with Gasteiger partial charge in [0.1, 0.15) is 0 Å². The molecule has 106 valence electrons. The highest BCUT2D eigenvalue weighted by Gasteiger charge is 2.10. The van der Waals surface area contributed by atoms with Crippen molar-refractivity contribution in [3.8, 4) is 0 Å². The third kappa shape index (κ3) is 5.03. The minimum Gasteiger partial charge on any atom is -0.462 e. The van der Waals surface area contributed by atoms with Gasteiger partial charge in [0.25, 0.3) is 0 Å². The molecule has 3 nitrogen and oxygen atoms in total. The Morgan fingerprint density at radius 3 is 2.53 bits per heavy atom. The van der Waals surface area contributed by atoms with E-state index in [4.69, 9.17) is 4.74 Å². The van der Waals surface area contributed by atoms with Crippen LogP contribution >= 0.6 is 0 Å². The summed E-state index contributed by atoms with van der Waals surface area (Å²) in [5.41, 5.74) is 3.08. The molecule has 0 aliphatic heterocycles. The summed E-state index contributed by atoms with van der Waals surface area (Å²) in [5, 5.41) is 0. The van der Waals surface area contributed by atoms with Crippen LogP contribution in [0.5, 0.6) is 0 Å². The molecule has 0 fully saturated rings. The largest absolute Gasteiger partial charge is 0.462 e. The molecule has 0 saturated carbocycles. The lowest BCUT2D eigenvalue weighted by atomic mass is 9.96. The normalized spacial score (nSPS) is 11.1. The van der Waals surface area contributed by atoms with E-state index < -0.39 is 0 Å². The average Bonchev–Trinajstić information content (AvgIpc) is 2.33. The zero-order valence-electron chi connectivity index (χ0n) is 12.7. The highest BCUT2D eigenvalue weighted by atomic mass is 16.5. The molecule has 1 rings (SSSR count). The summed E-state index contributed by atoms with van der Waals surface area (Å²) in [5.74, 6) is 0.252. The van der Waals surface area contributed by atoms with Gasteiger partial charge in [-0.1, -0.05) is 19.9 Å². The van der Waals surface area contributed by atoms with Gasteiger partial charge in [0, 0.05) is 6.54 Å². The first-order valence-electron chi connectivity index (χ1n) is 6.84. The fraction of sp³-hybridized carbons (Fsp3) is 0.562. The minimum absolute atomic E-state index is 0.225. The number of hydrogen-bond acceptors (Lipinski definition) is 3. The molecule has 0 N–H and O–H groups in total. The van der Waals surface area contributed by atoms with Crippen LogP contribution in [-0.2, 0) is 4.74 Å². The summed E-state index contributed by atoms with van der Waals surface area (Å²) >= 11 is 0. The van der Waals surface area contributed by atoms with E-state index in [-0.39, 0.29) is 5.97 Å². The maximum Gasteiger partial charge on any atom is 0.338 e. The van der Waals surface area contributed by atoms with Crippen LogP contribution in [0.15, 0.2) is 18.2 Å². The highest BCUT2D eigenvalue weighted by molar-refractivity contribution is 5.89. The second kappa shape index (κ2) is 7.29. The first-order valence-corrected chi connectivity index (χ1v) is 6.84. The number of hydrogen-bond donors (Lipinski definition) is 0. The molecule has 1 aromatic carbocycles. The summed E-state index contributed by atoms with van der Waals surface area (Å²) in [6.45, 7) is 7.75. The van der Waals surface area contributed by atoms with Crippen LogP contribution in [0.4, 0.5) is 0 Å². The molecule has 0 bridgehead atoms. The van der Waals surface area contributed by atoms with Crippen molar-refractivity contribution in [2.45, 2.75) is 33.1 Å². The molecule has 0 heterocycles. The number of carbonyl (C=O) groups excluding carboxylic acids is 1. The molecule has 1 aromatic rings. The van der Waals surface area contributed by atoms with Gasteiger partial charge in [-0.3, -0.25) is 0 Å². The summed E-state index contributed by atoms with van der Waals surface area (Å²) in [6, 6.07) is 5.80. The van der Waals surface area contributed by atoms with Crippen molar-refractivity contribution < 1.29 is 9.53 Å². The third-order valence-corrected chi connectivity index (χ3v) is 3.11. The molecule has 0 aromatic heterocycles. The molecule has 0 aliphatic carbocycles. The Morgan fingerprint density at radius 2 is 2.00 bits per heavy atom. The standard InChI is InChI=1S/C16H25NO2/c1-12(2)15-8-7-14(11-13(15)3)16(18)19-10-6-9-17(4)5/h7-8,11-12H,6,9-10H2,1-5H3. The van der Waals surface area contributed by atoms with Crippen molar-refractivity contribution in [3.05, 3.63) is 34.9 Å². The van der Waals surface area contributed by atoms with Crippen LogP contribution in [0.3, 0.4) is 0 Å². The van der Waals surface area contributed by atoms with Crippen molar-refractivity contribution in [2.75, 3.05) is 27.2 Å². The first-order chi connectivity index (χ1) is 8.91. The zero-order chi connectivity index (χ0) is 14.4. The highest BCUT2D eigenvalue weighted by Crippen LogP contribution is 2.20. The predicted molar refractivity (Wildman–Crippen MR) is 78.7 cm³/mol. The maximum atomic E-state index is 11.9. The van der Waals surface area contributed by atoms with Crippen molar-refractivity contribution in [3.63, 3.8) is 0 Å². The van der Waals surface area contributed by atoms with Gasteiger partial charge in [-0.05, 0) is 56.6 Å². The monoisotopic (exact) mass is 263 g/mol. The molecule has 0 spiro atoms. The minimum atomic E-state index is -0.225. The molecular formula is C16H25NO2. The summed E-state index contributed by atoms with van der Waals surface area (Å²) in [7, 11) is 4.02. The second-order valence-electron chi connectivity index (χ2n) is 5.52. The lowest BCUT2D eigenvalue weighted by Gasteiger charge is -2.12. The van der Waals surface area contributed by atoms with Gasteiger partial charge in [-0.15, -0.1) is 0 Å². The number of carbonyl (C=O) groups is 1. The topological polar surface area (TPSA) is 29.5 Å². The SMILES string of the molecule is Cc1cc(C(=O)OCCCN(C)C)ccc1C(C)C. The Balaban J connectivity index is 2.56. The van der Waals surface area contributed by atoms with Gasteiger partial charge in [0.05, 0.1) is 12.2 Å². The van der Waals surface area contributed by atoms with E-state index in [2.05, 4.69) is 18.7 Å². The number of benzene rings is 1. The first kappa shape index (κ1) is 15.7. The molecule has 0 aliphatic rings. The fourth-order valence-corrected chi connectivity index (χ4v) is 2.08. The number of nitrogens with zero attached hydrogens (tertiary/aromatic N) is 1. The Morgan fingerprint density at radius 1 is 1.32 bits per heavy atom. The number of esters is 1. The van der Waals surface area contributed by atoms with Crippen LogP contribution in [0, 0.1) is 6.92 Å². The van der Waals surface area contributed by atoms with Crippen molar-refractivity contribution >= 4 is 5.97 Å². The predicted octanol–water partition coefficient (Wildman–Crippen LogP) is 3.23. The zero-order valence-corrected chi connectivity index (χ0v) is 12.7. The summed E-state index contributed by atoms with van der Waals surface area (Å²) in [6.07, 6.45) is 0.863. The molecule has 0 amide bonds. The van der Waals surface area contributed by atoms with Gasteiger partial charge in [-0.2, -0.15) is 0 Å². The fourth-order valence-electron chi connectivity index (χ4n) is 2.08. The van der Waals surface area contributed by atoms with Crippen molar-refractivity contribution in [1.29, 1.82) is 0 Å². The Bertz CT molecular complexity index is 425. The smallest absolute Gasteiger partial charge is 0.338 e. The Labute approximate surface area is 116 Å². The lowest BCUT2D eigenvalue weighted by Crippen LogP contribution is -2.16. The van der Waals surface area contributed by atoms with Crippen LogP contribution < -0.4 is 0 Å². The van der Waals surface area contributed by atoms with Gasteiger partial charge < -0.3 is 9.64 Å². The van der Waals surface area contributed by atoms with E-state index in [0.29, 0.717) is 18.1 Å². The lowest BCUT2D eigenvalue weighted by molar-refractivity contribution is 0.0493. The molecular weight excluding hydrogens is 238 g/mol. The molecule has 0 radical (unpaired) electrons. The third-order valence-electron chi connectivity index (χ3n) is 3.11. The quantitative estimate of drug-likeness (QED) is 0.583. The number of rotatable bonds is 6. The van der Waals surface area contributed by atoms with Gasteiger partial charge in [-0.25, -0.2) is 4.79 Å². The van der Waals surface area contributed by atoms with Gasteiger partial charge in [0.15, 0.2) is 0 Å². The number of aryl methyl sites for hydroxylation is 1.